The zero-order chi connectivity index (χ0) is 13.8. The van der Waals surface area contributed by atoms with Crippen molar-refractivity contribution >= 4 is 28.8 Å². The molecule has 5 heteroatoms. The largest absolute Gasteiger partial charge is 0.348 e. The predicted molar refractivity (Wildman–Crippen MR) is 79.8 cm³/mol. The smallest absolute Gasteiger partial charge is 0.263 e. The Labute approximate surface area is 120 Å². The van der Waals surface area contributed by atoms with Crippen molar-refractivity contribution in [3.8, 4) is 10.6 Å². The molecule has 1 amide bonds. The van der Waals surface area contributed by atoms with E-state index < -0.39 is 0 Å². The van der Waals surface area contributed by atoms with E-state index in [1.54, 1.807) is 6.08 Å². The highest BCUT2D eigenvalue weighted by molar-refractivity contribution is 7.17. The minimum Gasteiger partial charge on any atom is -0.348 e. The van der Waals surface area contributed by atoms with E-state index in [9.17, 15) is 4.79 Å². The average molecular weight is 293 g/mol. The summed E-state index contributed by atoms with van der Waals surface area (Å²) >= 11 is 7.32. The second-order valence-corrected chi connectivity index (χ2v) is 5.38. The van der Waals surface area contributed by atoms with Crippen LogP contribution in [0.3, 0.4) is 0 Å². The van der Waals surface area contributed by atoms with Gasteiger partial charge in [-0.15, -0.1) is 17.9 Å². The van der Waals surface area contributed by atoms with Gasteiger partial charge in [0.25, 0.3) is 5.91 Å². The van der Waals surface area contributed by atoms with Gasteiger partial charge in [-0.1, -0.05) is 29.8 Å². The van der Waals surface area contributed by atoms with Crippen LogP contribution in [0.25, 0.3) is 10.6 Å². The van der Waals surface area contributed by atoms with Crippen LogP contribution in [0.5, 0.6) is 0 Å². The first-order chi connectivity index (χ1) is 9.11. The minimum atomic E-state index is -0.122. The second-order valence-electron chi connectivity index (χ2n) is 3.94. The number of thiazole rings is 1. The zero-order valence-electron chi connectivity index (χ0n) is 10.4. The fraction of sp³-hybridized carbons (Fsp3) is 0.143. The van der Waals surface area contributed by atoms with Crippen LogP contribution in [0.2, 0.25) is 5.02 Å². The Morgan fingerprint density at radius 2 is 2.37 bits per heavy atom. The van der Waals surface area contributed by atoms with Gasteiger partial charge < -0.3 is 5.32 Å². The van der Waals surface area contributed by atoms with Gasteiger partial charge in [-0.2, -0.15) is 0 Å². The molecule has 0 spiro atoms. The van der Waals surface area contributed by atoms with E-state index >= 15 is 0 Å². The molecule has 0 saturated carbocycles. The summed E-state index contributed by atoms with van der Waals surface area (Å²) in [5, 5.41) is 4.20. The summed E-state index contributed by atoms with van der Waals surface area (Å²) in [7, 11) is 0. The maximum atomic E-state index is 11.9. The van der Waals surface area contributed by atoms with E-state index in [2.05, 4.69) is 16.9 Å². The number of rotatable bonds is 4. The highest BCUT2D eigenvalue weighted by atomic mass is 35.5. The van der Waals surface area contributed by atoms with Gasteiger partial charge in [0.15, 0.2) is 0 Å². The number of aryl methyl sites for hydroxylation is 1. The summed E-state index contributed by atoms with van der Waals surface area (Å²) in [6.45, 7) is 5.84. The predicted octanol–water partition coefficient (Wildman–Crippen LogP) is 3.69. The average Bonchev–Trinajstić information content (AvgIpc) is 2.78. The maximum absolute atomic E-state index is 11.9. The third kappa shape index (κ3) is 3.22. The number of carbonyl (C=O) groups is 1. The molecule has 0 fully saturated rings. The van der Waals surface area contributed by atoms with Crippen molar-refractivity contribution in [3.63, 3.8) is 0 Å². The van der Waals surface area contributed by atoms with Crippen molar-refractivity contribution in [2.45, 2.75) is 6.92 Å². The van der Waals surface area contributed by atoms with Crippen molar-refractivity contribution in [2.24, 2.45) is 0 Å². The van der Waals surface area contributed by atoms with Crippen molar-refractivity contribution in [2.75, 3.05) is 6.54 Å². The molecule has 98 valence electrons. The number of amides is 1. The van der Waals surface area contributed by atoms with Crippen molar-refractivity contribution in [3.05, 3.63) is 52.5 Å². The van der Waals surface area contributed by atoms with Gasteiger partial charge in [0.2, 0.25) is 0 Å². The number of nitrogens with one attached hydrogen (secondary N) is 1. The lowest BCUT2D eigenvalue weighted by Gasteiger charge is -1.98. The molecule has 0 radical (unpaired) electrons. The molecule has 0 atom stereocenters. The number of nitrogens with zero attached hydrogens (tertiary/aromatic N) is 1. The first-order valence-electron chi connectivity index (χ1n) is 5.74. The lowest BCUT2D eigenvalue weighted by molar-refractivity contribution is 0.0961. The number of benzene rings is 1. The normalized spacial score (nSPS) is 10.2. The topological polar surface area (TPSA) is 42.0 Å². The monoisotopic (exact) mass is 292 g/mol. The van der Waals surface area contributed by atoms with Crippen LogP contribution in [0.1, 0.15) is 15.4 Å². The highest BCUT2D eigenvalue weighted by Crippen LogP contribution is 2.29. The Balaban J connectivity index is 2.30. The number of hydrogen-bond donors (Lipinski definition) is 1. The molecular formula is C14H13ClN2OS. The molecule has 19 heavy (non-hydrogen) atoms. The van der Waals surface area contributed by atoms with Crippen LogP contribution < -0.4 is 5.32 Å². The van der Waals surface area contributed by atoms with Gasteiger partial charge in [0.1, 0.15) is 9.88 Å². The van der Waals surface area contributed by atoms with Gasteiger partial charge in [0.05, 0.1) is 5.69 Å². The van der Waals surface area contributed by atoms with Gasteiger partial charge in [-0.3, -0.25) is 4.79 Å². The molecule has 1 heterocycles. The molecule has 1 aromatic carbocycles. The van der Waals surface area contributed by atoms with Gasteiger partial charge in [-0.25, -0.2) is 4.98 Å². The van der Waals surface area contributed by atoms with Crippen molar-refractivity contribution in [1.29, 1.82) is 0 Å². The van der Waals surface area contributed by atoms with Gasteiger partial charge >= 0.3 is 0 Å². The fourth-order valence-electron chi connectivity index (χ4n) is 1.60. The maximum Gasteiger partial charge on any atom is 0.263 e. The first-order valence-corrected chi connectivity index (χ1v) is 6.93. The Hall–Kier alpha value is -1.65. The first kappa shape index (κ1) is 13.8. The summed E-state index contributed by atoms with van der Waals surface area (Å²) in [5.74, 6) is -0.122. The van der Waals surface area contributed by atoms with Crippen LogP contribution in [0.15, 0.2) is 36.9 Å². The fourth-order valence-corrected chi connectivity index (χ4v) is 2.77. The highest BCUT2D eigenvalue weighted by Gasteiger charge is 2.15. The van der Waals surface area contributed by atoms with E-state index in [1.165, 1.54) is 11.3 Å². The summed E-state index contributed by atoms with van der Waals surface area (Å²) in [6.07, 6.45) is 1.64. The SMILES string of the molecule is C=CCNC(=O)c1sc(-c2cccc(Cl)c2)nc1C. The molecular weight excluding hydrogens is 280 g/mol. The molecule has 0 saturated heterocycles. The van der Waals surface area contributed by atoms with Crippen LogP contribution in [0.4, 0.5) is 0 Å². The van der Waals surface area contributed by atoms with E-state index in [0.717, 1.165) is 16.3 Å². The number of aromatic nitrogens is 1. The molecule has 0 aliphatic heterocycles. The number of hydrogen-bond acceptors (Lipinski definition) is 3. The van der Waals surface area contributed by atoms with Crippen LogP contribution in [0, 0.1) is 6.92 Å². The summed E-state index contributed by atoms with van der Waals surface area (Å²) in [4.78, 5) is 17.0. The van der Waals surface area contributed by atoms with Crippen molar-refractivity contribution < 1.29 is 4.79 Å². The Morgan fingerprint density at radius 1 is 1.58 bits per heavy atom. The summed E-state index contributed by atoms with van der Waals surface area (Å²) in [5.41, 5.74) is 1.64. The molecule has 0 aliphatic carbocycles. The zero-order valence-corrected chi connectivity index (χ0v) is 12.0. The Bertz CT molecular complexity index is 622. The van der Waals surface area contributed by atoms with Crippen LogP contribution in [-0.2, 0) is 0 Å². The lowest BCUT2D eigenvalue weighted by Crippen LogP contribution is -2.22. The molecule has 1 N–H and O–H groups in total. The van der Waals surface area contributed by atoms with Gasteiger partial charge in [0, 0.05) is 17.1 Å². The molecule has 1 aromatic heterocycles. The summed E-state index contributed by atoms with van der Waals surface area (Å²) in [6, 6.07) is 7.44. The molecule has 0 aliphatic rings. The van der Waals surface area contributed by atoms with Crippen molar-refractivity contribution in [1.82, 2.24) is 10.3 Å². The third-order valence-electron chi connectivity index (χ3n) is 2.48. The van der Waals surface area contributed by atoms with E-state index in [-0.39, 0.29) is 5.91 Å². The standard InChI is InChI=1S/C14H13ClN2OS/c1-3-7-16-13(18)12-9(2)17-14(19-12)10-5-4-6-11(15)8-10/h3-6,8H,1,7H2,2H3,(H,16,18). The summed E-state index contributed by atoms with van der Waals surface area (Å²) < 4.78 is 0. The third-order valence-corrected chi connectivity index (χ3v) is 3.92. The van der Waals surface area contributed by atoms with Gasteiger partial charge in [-0.05, 0) is 19.1 Å². The second kappa shape index (κ2) is 5.99. The van der Waals surface area contributed by atoms with E-state index in [4.69, 9.17) is 11.6 Å². The number of halogens is 1. The lowest BCUT2D eigenvalue weighted by atomic mass is 10.2. The van der Waals surface area contributed by atoms with Crippen LogP contribution in [-0.4, -0.2) is 17.4 Å². The molecule has 2 aromatic rings. The quantitative estimate of drug-likeness (QED) is 0.873. The minimum absolute atomic E-state index is 0.122. The number of carbonyl (C=O) groups excluding carboxylic acids is 1. The van der Waals surface area contributed by atoms with E-state index in [0.29, 0.717) is 16.4 Å². The molecule has 2 rings (SSSR count). The van der Waals surface area contributed by atoms with E-state index in [1.807, 2.05) is 31.2 Å². The Morgan fingerprint density at radius 3 is 3.05 bits per heavy atom. The molecule has 0 unspecified atom stereocenters. The van der Waals surface area contributed by atoms with Crippen LogP contribution >= 0.6 is 22.9 Å². The molecule has 0 bridgehead atoms. The Kier molecular flexibility index (Phi) is 4.35. The molecule has 3 nitrogen and oxygen atoms in total.